The van der Waals surface area contributed by atoms with E-state index < -0.39 is 0 Å². The average molecular weight is 125 g/mol. The Morgan fingerprint density at radius 2 is 2.33 bits per heavy atom. The van der Waals surface area contributed by atoms with Gasteiger partial charge in [-0.15, -0.1) is 0 Å². The van der Waals surface area contributed by atoms with Crippen molar-refractivity contribution in [2.75, 3.05) is 13.7 Å². The van der Waals surface area contributed by atoms with Crippen LogP contribution in [0.3, 0.4) is 0 Å². The molecule has 0 rings (SSSR count). The predicted octanol–water partition coefficient (Wildman–Crippen LogP) is 1.40. The van der Waals surface area contributed by atoms with E-state index in [4.69, 9.17) is 4.74 Å². The third-order valence-corrected chi connectivity index (χ3v) is 0.702. The highest BCUT2D eigenvalue weighted by molar-refractivity contribution is 5.26. The highest BCUT2D eigenvalue weighted by atomic mass is 16.5. The summed E-state index contributed by atoms with van der Waals surface area (Å²) < 4.78 is 4.76. The van der Waals surface area contributed by atoms with Crippen molar-refractivity contribution < 1.29 is 4.74 Å². The average Bonchev–Trinajstić information content (AvgIpc) is 1.89. The molecule has 0 fully saturated rings. The van der Waals surface area contributed by atoms with Crippen molar-refractivity contribution in [1.82, 2.24) is 0 Å². The van der Waals surface area contributed by atoms with Gasteiger partial charge in [-0.25, -0.2) is 0 Å². The van der Waals surface area contributed by atoms with Gasteiger partial charge in [-0.1, -0.05) is 12.2 Å². The molecule has 0 atom stereocenters. The lowest BCUT2D eigenvalue weighted by Gasteiger charge is -1.82. The summed E-state index contributed by atoms with van der Waals surface area (Å²) in [5.74, 6) is 0. The maximum atomic E-state index is 4.76. The molecule has 9 heavy (non-hydrogen) atoms. The molecule has 0 saturated carbocycles. The zero-order chi connectivity index (χ0) is 6.95. The van der Waals surface area contributed by atoms with Gasteiger partial charge in [0, 0.05) is 13.3 Å². The van der Waals surface area contributed by atoms with E-state index >= 15 is 0 Å². The SMILES string of the molecule is C=N/C=C\C=C\COC. The molecular weight excluding hydrogens is 114 g/mol. The first-order valence-electron chi connectivity index (χ1n) is 2.68. The Morgan fingerprint density at radius 1 is 1.56 bits per heavy atom. The van der Waals surface area contributed by atoms with Gasteiger partial charge in [0.2, 0.25) is 0 Å². The largest absolute Gasteiger partial charge is 0.381 e. The molecule has 0 heterocycles. The Labute approximate surface area is 55.6 Å². The van der Waals surface area contributed by atoms with E-state index in [2.05, 4.69) is 11.7 Å². The van der Waals surface area contributed by atoms with Crippen molar-refractivity contribution in [3.05, 3.63) is 24.4 Å². The number of rotatable bonds is 4. The van der Waals surface area contributed by atoms with Crippen LogP contribution in [-0.2, 0) is 4.74 Å². The van der Waals surface area contributed by atoms with E-state index in [0.29, 0.717) is 6.61 Å². The topological polar surface area (TPSA) is 21.6 Å². The zero-order valence-corrected chi connectivity index (χ0v) is 5.58. The molecule has 0 amide bonds. The first-order valence-corrected chi connectivity index (χ1v) is 2.68. The number of methoxy groups -OCH3 is 1. The molecule has 0 bridgehead atoms. The van der Waals surface area contributed by atoms with Gasteiger partial charge < -0.3 is 4.74 Å². The smallest absolute Gasteiger partial charge is 0.0646 e. The zero-order valence-electron chi connectivity index (χ0n) is 5.58. The van der Waals surface area contributed by atoms with Crippen LogP contribution < -0.4 is 0 Å². The lowest BCUT2D eigenvalue weighted by molar-refractivity contribution is 0.234. The van der Waals surface area contributed by atoms with Gasteiger partial charge in [0.05, 0.1) is 6.61 Å². The minimum absolute atomic E-state index is 0.640. The number of ether oxygens (including phenoxy) is 1. The fourth-order valence-corrected chi connectivity index (χ4v) is 0.341. The van der Waals surface area contributed by atoms with Crippen molar-refractivity contribution >= 4 is 6.72 Å². The van der Waals surface area contributed by atoms with E-state index in [-0.39, 0.29) is 0 Å². The van der Waals surface area contributed by atoms with Crippen molar-refractivity contribution in [2.24, 2.45) is 4.99 Å². The first kappa shape index (κ1) is 8.11. The normalized spacial score (nSPS) is 11.2. The van der Waals surface area contributed by atoms with Gasteiger partial charge in [0.25, 0.3) is 0 Å². The van der Waals surface area contributed by atoms with Gasteiger partial charge in [0.1, 0.15) is 0 Å². The third kappa shape index (κ3) is 7.11. The summed E-state index contributed by atoms with van der Waals surface area (Å²) >= 11 is 0. The predicted molar refractivity (Wildman–Crippen MR) is 39.7 cm³/mol. The first-order chi connectivity index (χ1) is 4.41. The maximum absolute atomic E-state index is 4.76. The molecule has 0 N–H and O–H groups in total. The van der Waals surface area contributed by atoms with Crippen molar-refractivity contribution in [2.45, 2.75) is 0 Å². The molecule has 2 nitrogen and oxygen atoms in total. The van der Waals surface area contributed by atoms with Crippen LogP contribution in [0.4, 0.5) is 0 Å². The molecule has 0 aliphatic carbocycles. The molecule has 0 spiro atoms. The van der Waals surface area contributed by atoms with E-state index in [1.165, 1.54) is 0 Å². The third-order valence-electron chi connectivity index (χ3n) is 0.702. The van der Waals surface area contributed by atoms with Crippen molar-refractivity contribution in [3.63, 3.8) is 0 Å². The van der Waals surface area contributed by atoms with Crippen LogP contribution in [0.15, 0.2) is 29.4 Å². The molecule has 50 valence electrons. The van der Waals surface area contributed by atoms with Crippen LogP contribution >= 0.6 is 0 Å². The van der Waals surface area contributed by atoms with Gasteiger partial charge in [-0.2, -0.15) is 0 Å². The van der Waals surface area contributed by atoms with Crippen LogP contribution in [0.1, 0.15) is 0 Å². The summed E-state index contributed by atoms with van der Waals surface area (Å²) in [6.07, 6.45) is 7.16. The van der Waals surface area contributed by atoms with Crippen molar-refractivity contribution in [1.29, 1.82) is 0 Å². The molecule has 0 aliphatic rings. The van der Waals surface area contributed by atoms with Gasteiger partial charge in [0.15, 0.2) is 0 Å². The number of hydrogen-bond donors (Lipinski definition) is 0. The lowest BCUT2D eigenvalue weighted by Crippen LogP contribution is -1.78. The molecule has 0 aromatic heterocycles. The molecule has 0 aliphatic heterocycles. The van der Waals surface area contributed by atoms with Crippen LogP contribution in [0.2, 0.25) is 0 Å². The maximum Gasteiger partial charge on any atom is 0.0646 e. The van der Waals surface area contributed by atoms with E-state index in [0.717, 1.165) is 0 Å². The van der Waals surface area contributed by atoms with E-state index in [1.54, 1.807) is 19.4 Å². The van der Waals surface area contributed by atoms with Crippen LogP contribution in [-0.4, -0.2) is 20.4 Å². The second kappa shape index (κ2) is 7.11. The number of hydrogen-bond acceptors (Lipinski definition) is 2. The summed E-state index contributed by atoms with van der Waals surface area (Å²) in [6.45, 7) is 3.92. The minimum atomic E-state index is 0.640. The highest BCUT2D eigenvalue weighted by Gasteiger charge is 1.65. The number of nitrogens with zero attached hydrogens (tertiary/aromatic N) is 1. The summed E-state index contributed by atoms with van der Waals surface area (Å²) in [5.41, 5.74) is 0. The fraction of sp³-hybridized carbons (Fsp3) is 0.286. The standard InChI is InChI=1S/C7H11NO/c1-8-6-4-3-5-7-9-2/h3-6H,1,7H2,2H3/b5-3+,6-4-. The number of allylic oxidation sites excluding steroid dienone is 2. The molecule has 0 saturated heterocycles. The fourth-order valence-electron chi connectivity index (χ4n) is 0.341. The molecule has 0 unspecified atom stereocenters. The van der Waals surface area contributed by atoms with Gasteiger partial charge in [-0.3, -0.25) is 4.99 Å². The molecule has 0 aromatic carbocycles. The summed E-state index contributed by atoms with van der Waals surface area (Å²) in [5, 5.41) is 0. The molecular formula is C7H11NO. The Hall–Kier alpha value is -0.890. The second-order valence-electron chi connectivity index (χ2n) is 1.41. The quantitative estimate of drug-likeness (QED) is 0.411. The molecule has 0 aromatic rings. The Morgan fingerprint density at radius 3 is 2.89 bits per heavy atom. The summed E-state index contributed by atoms with van der Waals surface area (Å²) in [4.78, 5) is 3.51. The number of aliphatic imine (C=N–C) groups is 1. The second-order valence-corrected chi connectivity index (χ2v) is 1.41. The Bertz CT molecular complexity index is 116. The summed E-state index contributed by atoms with van der Waals surface area (Å²) in [6, 6.07) is 0. The lowest BCUT2D eigenvalue weighted by atomic mass is 10.5. The van der Waals surface area contributed by atoms with Crippen LogP contribution in [0, 0.1) is 0 Å². The van der Waals surface area contributed by atoms with Gasteiger partial charge >= 0.3 is 0 Å². The highest BCUT2D eigenvalue weighted by Crippen LogP contribution is 1.77. The van der Waals surface area contributed by atoms with Gasteiger partial charge in [-0.05, 0) is 12.8 Å². The Balaban J connectivity index is 3.23. The van der Waals surface area contributed by atoms with Crippen LogP contribution in [0.5, 0.6) is 0 Å². The van der Waals surface area contributed by atoms with Crippen molar-refractivity contribution in [3.8, 4) is 0 Å². The molecule has 2 heteroatoms. The molecule has 0 radical (unpaired) electrons. The Kier molecular flexibility index (Phi) is 6.41. The monoisotopic (exact) mass is 125 g/mol. The summed E-state index contributed by atoms with van der Waals surface area (Å²) in [7, 11) is 1.65. The van der Waals surface area contributed by atoms with E-state index in [9.17, 15) is 0 Å². The minimum Gasteiger partial charge on any atom is -0.381 e. The van der Waals surface area contributed by atoms with E-state index in [1.807, 2.05) is 12.2 Å². The van der Waals surface area contributed by atoms with Crippen LogP contribution in [0.25, 0.3) is 0 Å².